The summed E-state index contributed by atoms with van der Waals surface area (Å²) in [6.07, 6.45) is 3.48. The smallest absolute Gasteiger partial charge is 0.324 e. The van der Waals surface area contributed by atoms with E-state index in [1.165, 1.54) is 11.0 Å². The summed E-state index contributed by atoms with van der Waals surface area (Å²) in [6.45, 7) is 2.44. The number of hydrogen-bond donors (Lipinski definition) is 1. The largest absolute Gasteiger partial charge is 0.393 e. The van der Waals surface area contributed by atoms with Gasteiger partial charge in [0.15, 0.2) is 0 Å². The number of rotatable bonds is 4. The molecule has 0 aliphatic heterocycles. The zero-order valence-electron chi connectivity index (χ0n) is 13.6. The summed E-state index contributed by atoms with van der Waals surface area (Å²) >= 11 is 3.24. The molecule has 0 radical (unpaired) electrons. The molecule has 0 atom stereocenters. The maximum absolute atomic E-state index is 14.3. The number of hydrogen-bond acceptors (Lipinski definition) is 2. The molecule has 1 fully saturated rings. The van der Waals surface area contributed by atoms with Gasteiger partial charge < -0.3 is 10.0 Å². The summed E-state index contributed by atoms with van der Waals surface area (Å²) in [6, 6.07) is 4.66. The van der Waals surface area contributed by atoms with Crippen molar-refractivity contribution >= 4 is 27.6 Å². The third-order valence-electron chi connectivity index (χ3n) is 4.39. The monoisotopic (exact) mass is 386 g/mol. The number of aliphatic hydroxyl groups is 1. The summed E-state index contributed by atoms with van der Waals surface area (Å²) in [7, 11) is 1.77. The average molecular weight is 387 g/mol. The SMILES string of the molecule is CCCN(C(=O)N(C)[C@H]1CC[C@@H](O)CC1)c1ccc(Br)cc1F. The Bertz CT molecular complexity index is 547. The molecule has 1 aliphatic rings. The Balaban J connectivity index is 2.17. The maximum Gasteiger partial charge on any atom is 0.324 e. The van der Waals surface area contributed by atoms with E-state index in [0.29, 0.717) is 29.5 Å². The van der Waals surface area contributed by atoms with Gasteiger partial charge in [-0.3, -0.25) is 4.90 Å². The minimum Gasteiger partial charge on any atom is -0.393 e. The predicted octanol–water partition coefficient (Wildman–Crippen LogP) is 4.16. The van der Waals surface area contributed by atoms with E-state index in [0.717, 1.165) is 19.3 Å². The molecule has 0 heterocycles. The van der Waals surface area contributed by atoms with Gasteiger partial charge >= 0.3 is 6.03 Å². The molecule has 1 N–H and O–H groups in total. The summed E-state index contributed by atoms with van der Waals surface area (Å²) in [5.41, 5.74) is 0.308. The molecule has 128 valence electrons. The lowest BCUT2D eigenvalue weighted by Crippen LogP contribution is -2.48. The first-order valence-corrected chi connectivity index (χ1v) is 8.90. The van der Waals surface area contributed by atoms with Crippen molar-refractivity contribution in [1.29, 1.82) is 0 Å². The second-order valence-electron chi connectivity index (χ2n) is 6.10. The minimum absolute atomic E-state index is 0.101. The molecule has 6 heteroatoms. The van der Waals surface area contributed by atoms with Gasteiger partial charge in [0, 0.05) is 24.1 Å². The molecule has 0 saturated heterocycles. The van der Waals surface area contributed by atoms with Gasteiger partial charge in [-0.25, -0.2) is 9.18 Å². The fraction of sp³-hybridized carbons (Fsp3) is 0.588. The van der Waals surface area contributed by atoms with Crippen molar-refractivity contribution in [3.8, 4) is 0 Å². The van der Waals surface area contributed by atoms with Gasteiger partial charge in [-0.15, -0.1) is 0 Å². The number of benzene rings is 1. The highest BCUT2D eigenvalue weighted by atomic mass is 79.9. The van der Waals surface area contributed by atoms with Crippen LogP contribution in [0.5, 0.6) is 0 Å². The highest BCUT2D eigenvalue weighted by molar-refractivity contribution is 9.10. The third kappa shape index (κ3) is 4.44. The number of aliphatic hydroxyl groups excluding tert-OH is 1. The fourth-order valence-electron chi connectivity index (χ4n) is 3.04. The molecule has 2 rings (SSSR count). The van der Waals surface area contributed by atoms with Crippen molar-refractivity contribution in [1.82, 2.24) is 4.90 Å². The number of amides is 2. The van der Waals surface area contributed by atoms with Gasteiger partial charge in [0.25, 0.3) is 0 Å². The second-order valence-corrected chi connectivity index (χ2v) is 7.02. The number of nitrogens with zero attached hydrogens (tertiary/aromatic N) is 2. The minimum atomic E-state index is -0.409. The molecule has 1 aromatic carbocycles. The lowest BCUT2D eigenvalue weighted by molar-refractivity contribution is 0.0930. The molecule has 0 bridgehead atoms. The van der Waals surface area contributed by atoms with Crippen LogP contribution >= 0.6 is 15.9 Å². The Hall–Kier alpha value is -1.14. The summed E-state index contributed by atoms with van der Waals surface area (Å²) < 4.78 is 14.9. The number of carbonyl (C=O) groups is 1. The number of anilines is 1. The lowest BCUT2D eigenvalue weighted by atomic mass is 9.92. The summed E-state index contributed by atoms with van der Waals surface area (Å²) in [5.74, 6) is -0.409. The van der Waals surface area contributed by atoms with Crippen LogP contribution in [0.15, 0.2) is 22.7 Å². The molecule has 0 aromatic heterocycles. The van der Waals surface area contributed by atoms with E-state index in [9.17, 15) is 14.3 Å². The van der Waals surface area contributed by atoms with Gasteiger partial charge in [-0.1, -0.05) is 22.9 Å². The second kappa shape index (κ2) is 8.11. The van der Waals surface area contributed by atoms with Crippen LogP contribution in [0.3, 0.4) is 0 Å². The van der Waals surface area contributed by atoms with Crippen molar-refractivity contribution in [3.63, 3.8) is 0 Å². The number of carbonyl (C=O) groups excluding carboxylic acids is 1. The van der Waals surface area contributed by atoms with E-state index in [1.807, 2.05) is 6.92 Å². The summed E-state index contributed by atoms with van der Waals surface area (Å²) in [5, 5.41) is 9.61. The van der Waals surface area contributed by atoms with E-state index in [2.05, 4.69) is 15.9 Å². The first-order chi connectivity index (χ1) is 10.9. The van der Waals surface area contributed by atoms with Crippen LogP contribution in [0.4, 0.5) is 14.9 Å². The van der Waals surface area contributed by atoms with Crippen LogP contribution < -0.4 is 4.90 Å². The Kier molecular flexibility index (Phi) is 6.41. The van der Waals surface area contributed by atoms with Gasteiger partial charge in [0.1, 0.15) is 5.82 Å². The van der Waals surface area contributed by atoms with Crippen LogP contribution in [-0.4, -0.2) is 41.8 Å². The maximum atomic E-state index is 14.3. The first kappa shape index (κ1) is 18.2. The van der Waals surface area contributed by atoms with Gasteiger partial charge in [-0.05, 0) is 50.3 Å². The Morgan fingerprint density at radius 2 is 2.00 bits per heavy atom. The van der Waals surface area contributed by atoms with Crippen molar-refractivity contribution in [2.75, 3.05) is 18.5 Å². The van der Waals surface area contributed by atoms with E-state index in [4.69, 9.17) is 0 Å². The highest BCUT2D eigenvalue weighted by Crippen LogP contribution is 2.27. The fourth-order valence-corrected chi connectivity index (χ4v) is 3.37. The van der Waals surface area contributed by atoms with Crippen LogP contribution in [-0.2, 0) is 0 Å². The quantitative estimate of drug-likeness (QED) is 0.843. The van der Waals surface area contributed by atoms with Crippen LogP contribution in [0.2, 0.25) is 0 Å². The van der Waals surface area contributed by atoms with Crippen LogP contribution in [0.25, 0.3) is 0 Å². The molecular weight excluding hydrogens is 363 g/mol. The molecule has 1 aliphatic carbocycles. The average Bonchev–Trinajstić information content (AvgIpc) is 2.53. The van der Waals surface area contributed by atoms with E-state index in [1.54, 1.807) is 24.1 Å². The highest BCUT2D eigenvalue weighted by Gasteiger charge is 2.29. The number of urea groups is 1. The van der Waals surface area contributed by atoms with Crippen molar-refractivity contribution in [2.24, 2.45) is 0 Å². The van der Waals surface area contributed by atoms with Crippen molar-refractivity contribution < 1.29 is 14.3 Å². The molecule has 1 aromatic rings. The van der Waals surface area contributed by atoms with Crippen molar-refractivity contribution in [3.05, 3.63) is 28.5 Å². The van der Waals surface area contributed by atoms with E-state index >= 15 is 0 Å². The van der Waals surface area contributed by atoms with Crippen molar-refractivity contribution in [2.45, 2.75) is 51.2 Å². The molecule has 2 amide bonds. The Morgan fingerprint density at radius 1 is 1.35 bits per heavy atom. The van der Waals surface area contributed by atoms with Crippen LogP contribution in [0.1, 0.15) is 39.0 Å². The molecule has 0 unspecified atom stereocenters. The van der Waals surface area contributed by atoms with Gasteiger partial charge in [-0.2, -0.15) is 0 Å². The summed E-state index contributed by atoms with van der Waals surface area (Å²) in [4.78, 5) is 16.1. The molecule has 23 heavy (non-hydrogen) atoms. The molecule has 4 nitrogen and oxygen atoms in total. The predicted molar refractivity (Wildman–Crippen MR) is 93.2 cm³/mol. The normalized spacial score (nSPS) is 21.1. The first-order valence-electron chi connectivity index (χ1n) is 8.11. The standard InChI is InChI=1S/C17H24BrFN2O2/c1-3-10-21(16-9-4-12(18)11-15(16)19)17(23)20(2)13-5-7-14(22)8-6-13/h4,9,11,13-14,22H,3,5-8,10H2,1-2H3/t13-,14+. The van der Waals surface area contributed by atoms with E-state index < -0.39 is 5.82 Å². The Labute approximate surface area is 145 Å². The zero-order valence-corrected chi connectivity index (χ0v) is 15.2. The van der Waals surface area contributed by atoms with E-state index in [-0.39, 0.29) is 18.2 Å². The van der Waals surface area contributed by atoms with Gasteiger partial charge in [0.2, 0.25) is 0 Å². The van der Waals surface area contributed by atoms with Gasteiger partial charge in [0.05, 0.1) is 11.8 Å². The van der Waals surface area contributed by atoms with Crippen LogP contribution in [0, 0.1) is 5.82 Å². The topological polar surface area (TPSA) is 43.8 Å². The third-order valence-corrected chi connectivity index (χ3v) is 4.89. The Morgan fingerprint density at radius 3 is 2.57 bits per heavy atom. The lowest BCUT2D eigenvalue weighted by Gasteiger charge is -2.36. The molecule has 0 spiro atoms. The molecule has 1 saturated carbocycles. The molecular formula is C17H24BrFN2O2. The number of halogens is 2. The zero-order chi connectivity index (χ0) is 17.0.